The van der Waals surface area contributed by atoms with Crippen molar-refractivity contribution in [2.75, 3.05) is 20.6 Å². The van der Waals surface area contributed by atoms with Crippen LogP contribution in [0.5, 0.6) is 0 Å². The molecule has 1 aromatic heterocycles. The SMILES string of the molecule is CN(C)CCCn1c(-c2ccccc2)cc2cc(C(=O)O)ccc21.Cl. The monoisotopic (exact) mass is 358 g/mol. The van der Waals surface area contributed by atoms with Crippen LogP contribution < -0.4 is 0 Å². The molecule has 3 aromatic rings. The first kappa shape index (κ1) is 19.0. The van der Waals surface area contributed by atoms with Crippen molar-refractivity contribution >= 4 is 29.3 Å². The van der Waals surface area contributed by atoms with Crippen LogP contribution in [-0.4, -0.2) is 41.2 Å². The first-order chi connectivity index (χ1) is 11.6. The third kappa shape index (κ3) is 4.21. The lowest BCUT2D eigenvalue weighted by molar-refractivity contribution is 0.0697. The van der Waals surface area contributed by atoms with Crippen LogP contribution in [0.4, 0.5) is 0 Å². The summed E-state index contributed by atoms with van der Waals surface area (Å²) < 4.78 is 2.29. The highest BCUT2D eigenvalue weighted by molar-refractivity contribution is 5.95. The summed E-state index contributed by atoms with van der Waals surface area (Å²) in [4.78, 5) is 13.4. The fourth-order valence-electron chi connectivity index (χ4n) is 3.04. The van der Waals surface area contributed by atoms with Crippen molar-refractivity contribution in [1.82, 2.24) is 9.47 Å². The summed E-state index contributed by atoms with van der Waals surface area (Å²) in [5.74, 6) is -0.890. The van der Waals surface area contributed by atoms with Crippen molar-refractivity contribution in [1.29, 1.82) is 0 Å². The number of hydrogen-bond acceptors (Lipinski definition) is 2. The van der Waals surface area contributed by atoms with Gasteiger partial charge in [-0.3, -0.25) is 0 Å². The number of benzene rings is 2. The highest BCUT2D eigenvalue weighted by Gasteiger charge is 2.12. The van der Waals surface area contributed by atoms with Gasteiger partial charge in [0, 0.05) is 23.1 Å². The molecule has 2 aromatic carbocycles. The Morgan fingerprint density at radius 1 is 1.08 bits per heavy atom. The van der Waals surface area contributed by atoms with Crippen LogP contribution in [0.1, 0.15) is 16.8 Å². The number of carboxylic acid groups (broad SMARTS) is 1. The number of hydrogen-bond donors (Lipinski definition) is 1. The van der Waals surface area contributed by atoms with E-state index in [1.807, 2.05) is 24.3 Å². The summed E-state index contributed by atoms with van der Waals surface area (Å²) in [5.41, 5.74) is 3.69. The molecule has 0 aliphatic carbocycles. The number of nitrogens with zero attached hydrogens (tertiary/aromatic N) is 2. The van der Waals surface area contributed by atoms with E-state index in [4.69, 9.17) is 0 Å². The molecule has 0 amide bonds. The van der Waals surface area contributed by atoms with Crippen LogP contribution in [0.2, 0.25) is 0 Å². The van der Waals surface area contributed by atoms with Crippen LogP contribution >= 0.6 is 12.4 Å². The second kappa shape index (κ2) is 8.19. The molecule has 0 radical (unpaired) electrons. The molecule has 0 aliphatic rings. The van der Waals surface area contributed by atoms with Gasteiger partial charge in [-0.25, -0.2) is 4.79 Å². The molecule has 4 nitrogen and oxygen atoms in total. The van der Waals surface area contributed by atoms with Gasteiger partial charge in [0.2, 0.25) is 0 Å². The molecule has 0 fully saturated rings. The lowest BCUT2D eigenvalue weighted by Crippen LogP contribution is -2.15. The van der Waals surface area contributed by atoms with Gasteiger partial charge < -0.3 is 14.6 Å². The number of carboxylic acids is 1. The Hall–Kier alpha value is -2.30. The minimum absolute atomic E-state index is 0. The number of aromatic carboxylic acids is 1. The van der Waals surface area contributed by atoms with Crippen molar-refractivity contribution in [3.63, 3.8) is 0 Å². The molecule has 0 spiro atoms. The minimum atomic E-state index is -0.890. The van der Waals surface area contributed by atoms with E-state index in [0.717, 1.165) is 41.7 Å². The molecular weight excluding hydrogens is 336 g/mol. The maximum absolute atomic E-state index is 11.2. The fourth-order valence-corrected chi connectivity index (χ4v) is 3.04. The van der Waals surface area contributed by atoms with E-state index >= 15 is 0 Å². The number of halogens is 1. The summed E-state index contributed by atoms with van der Waals surface area (Å²) in [6.07, 6.45) is 1.04. The molecule has 3 rings (SSSR count). The fraction of sp³-hybridized carbons (Fsp3) is 0.250. The standard InChI is InChI=1S/C20H22N2O2.ClH/c1-21(2)11-6-12-22-18-10-9-16(20(23)24)13-17(18)14-19(22)15-7-4-3-5-8-15;/h3-5,7-10,13-14H,6,11-12H2,1-2H3,(H,23,24);1H. The zero-order chi connectivity index (χ0) is 17.1. The summed E-state index contributed by atoms with van der Waals surface area (Å²) in [6, 6.07) is 17.7. The van der Waals surface area contributed by atoms with Crippen molar-refractivity contribution < 1.29 is 9.90 Å². The average Bonchev–Trinajstić information content (AvgIpc) is 2.93. The molecule has 5 heteroatoms. The quantitative estimate of drug-likeness (QED) is 0.711. The molecular formula is C20H23ClN2O2. The number of rotatable bonds is 6. The largest absolute Gasteiger partial charge is 0.478 e. The van der Waals surface area contributed by atoms with Gasteiger partial charge in [-0.2, -0.15) is 0 Å². The molecule has 132 valence electrons. The van der Waals surface area contributed by atoms with E-state index in [9.17, 15) is 9.90 Å². The molecule has 25 heavy (non-hydrogen) atoms. The molecule has 0 aliphatic heterocycles. The smallest absolute Gasteiger partial charge is 0.335 e. The minimum Gasteiger partial charge on any atom is -0.478 e. The van der Waals surface area contributed by atoms with Gasteiger partial charge in [-0.05, 0) is 56.9 Å². The Labute approximate surface area is 154 Å². The first-order valence-electron chi connectivity index (χ1n) is 8.13. The lowest BCUT2D eigenvalue weighted by atomic mass is 10.1. The first-order valence-corrected chi connectivity index (χ1v) is 8.13. The normalized spacial score (nSPS) is 10.8. The van der Waals surface area contributed by atoms with Crippen LogP contribution in [0.3, 0.4) is 0 Å². The maximum Gasteiger partial charge on any atom is 0.335 e. The molecule has 0 atom stereocenters. The Morgan fingerprint density at radius 3 is 2.44 bits per heavy atom. The number of aryl methyl sites for hydroxylation is 1. The third-order valence-corrected chi connectivity index (χ3v) is 4.20. The second-order valence-corrected chi connectivity index (χ2v) is 6.28. The van der Waals surface area contributed by atoms with Crippen molar-refractivity contribution in [2.24, 2.45) is 0 Å². The van der Waals surface area contributed by atoms with Gasteiger partial charge >= 0.3 is 5.97 Å². The molecule has 0 bridgehead atoms. The van der Waals surface area contributed by atoms with Gasteiger partial charge in [0.05, 0.1) is 5.56 Å². The van der Waals surface area contributed by atoms with Gasteiger partial charge in [-0.1, -0.05) is 30.3 Å². The molecule has 0 saturated carbocycles. The van der Waals surface area contributed by atoms with E-state index < -0.39 is 5.97 Å². The third-order valence-electron chi connectivity index (χ3n) is 4.20. The summed E-state index contributed by atoms with van der Waals surface area (Å²) in [7, 11) is 4.15. The molecule has 1 N–H and O–H groups in total. The molecule has 0 unspecified atom stereocenters. The highest BCUT2D eigenvalue weighted by atomic mass is 35.5. The van der Waals surface area contributed by atoms with Crippen LogP contribution in [0.25, 0.3) is 22.2 Å². The number of aromatic nitrogens is 1. The zero-order valence-corrected chi connectivity index (χ0v) is 15.3. The maximum atomic E-state index is 11.2. The van der Waals surface area contributed by atoms with Crippen LogP contribution in [0, 0.1) is 0 Å². The van der Waals surface area contributed by atoms with E-state index in [1.165, 1.54) is 0 Å². The van der Waals surface area contributed by atoms with E-state index in [1.54, 1.807) is 12.1 Å². The Morgan fingerprint density at radius 2 is 1.80 bits per heavy atom. The van der Waals surface area contributed by atoms with E-state index in [0.29, 0.717) is 5.56 Å². The van der Waals surface area contributed by atoms with Crippen molar-refractivity contribution in [2.45, 2.75) is 13.0 Å². The predicted octanol–water partition coefficient (Wildman–Crippen LogP) is 4.38. The number of fused-ring (bicyclic) bond motifs is 1. The van der Waals surface area contributed by atoms with Crippen LogP contribution in [0.15, 0.2) is 54.6 Å². The van der Waals surface area contributed by atoms with E-state index in [-0.39, 0.29) is 12.4 Å². The summed E-state index contributed by atoms with van der Waals surface area (Å²) >= 11 is 0. The zero-order valence-electron chi connectivity index (χ0n) is 14.5. The molecule has 1 heterocycles. The summed E-state index contributed by atoms with van der Waals surface area (Å²) in [5, 5.41) is 10.2. The second-order valence-electron chi connectivity index (χ2n) is 6.28. The lowest BCUT2D eigenvalue weighted by Gasteiger charge is -2.14. The average molecular weight is 359 g/mol. The van der Waals surface area contributed by atoms with Gasteiger partial charge in [0.15, 0.2) is 0 Å². The Balaban J connectivity index is 0.00000225. The number of carbonyl (C=O) groups is 1. The highest BCUT2D eigenvalue weighted by Crippen LogP contribution is 2.29. The van der Waals surface area contributed by atoms with Crippen molar-refractivity contribution in [3.8, 4) is 11.3 Å². The van der Waals surface area contributed by atoms with Gasteiger partial charge in [-0.15, -0.1) is 12.4 Å². The van der Waals surface area contributed by atoms with E-state index in [2.05, 4.69) is 41.8 Å². The topological polar surface area (TPSA) is 45.5 Å². The predicted molar refractivity (Wildman–Crippen MR) is 105 cm³/mol. The Kier molecular flexibility index (Phi) is 6.23. The van der Waals surface area contributed by atoms with Gasteiger partial charge in [0.25, 0.3) is 0 Å². The summed E-state index contributed by atoms with van der Waals surface area (Å²) in [6.45, 7) is 1.92. The van der Waals surface area contributed by atoms with Gasteiger partial charge in [0.1, 0.15) is 0 Å². The van der Waals surface area contributed by atoms with Crippen molar-refractivity contribution in [3.05, 3.63) is 60.2 Å². The Bertz CT molecular complexity index is 857. The van der Waals surface area contributed by atoms with Crippen LogP contribution in [-0.2, 0) is 6.54 Å². The molecule has 0 saturated heterocycles.